The van der Waals surface area contributed by atoms with Crippen LogP contribution in [0.3, 0.4) is 0 Å². The summed E-state index contributed by atoms with van der Waals surface area (Å²) in [6, 6.07) is 6.10. The predicted molar refractivity (Wildman–Crippen MR) is 69.3 cm³/mol. The van der Waals surface area contributed by atoms with Crippen molar-refractivity contribution in [3.63, 3.8) is 0 Å². The minimum atomic E-state index is 0.742. The van der Waals surface area contributed by atoms with E-state index in [0.717, 1.165) is 43.0 Å². The zero-order chi connectivity index (χ0) is 12.5. The highest BCUT2D eigenvalue weighted by molar-refractivity contribution is 5.61. The number of hydrogen-bond acceptors (Lipinski definition) is 5. The number of anilines is 2. The van der Waals surface area contributed by atoms with Crippen LogP contribution in [0.5, 0.6) is 0 Å². The van der Waals surface area contributed by atoms with Gasteiger partial charge in [-0.3, -0.25) is 0 Å². The van der Waals surface area contributed by atoms with E-state index in [-0.39, 0.29) is 0 Å². The van der Waals surface area contributed by atoms with E-state index in [0.29, 0.717) is 0 Å². The fourth-order valence-electron chi connectivity index (χ4n) is 2.43. The molecule has 0 fully saturated rings. The van der Waals surface area contributed by atoms with Gasteiger partial charge in [0.1, 0.15) is 11.4 Å². The van der Waals surface area contributed by atoms with Gasteiger partial charge in [-0.15, -0.1) is 0 Å². The molecular formula is C13H16N4O. The molecule has 0 spiro atoms. The lowest BCUT2D eigenvalue weighted by Gasteiger charge is -2.30. The van der Waals surface area contributed by atoms with Gasteiger partial charge in [0, 0.05) is 17.9 Å². The Morgan fingerprint density at radius 1 is 1.39 bits per heavy atom. The number of aromatic nitrogens is 2. The minimum Gasteiger partial charge on any atom is -0.399 e. The summed E-state index contributed by atoms with van der Waals surface area (Å²) in [6.07, 6.45) is 2.23. The second-order valence-corrected chi connectivity index (χ2v) is 4.71. The third kappa shape index (κ3) is 1.92. The molecule has 0 aliphatic carbocycles. The lowest BCUT2D eigenvalue weighted by Crippen LogP contribution is -2.29. The van der Waals surface area contributed by atoms with E-state index in [4.69, 9.17) is 10.4 Å². The van der Waals surface area contributed by atoms with E-state index in [9.17, 15) is 0 Å². The van der Waals surface area contributed by atoms with Crippen molar-refractivity contribution in [3.05, 3.63) is 35.2 Å². The van der Waals surface area contributed by atoms with E-state index in [2.05, 4.69) is 27.3 Å². The Kier molecular flexibility index (Phi) is 2.66. The predicted octanol–water partition coefficient (Wildman–Crippen LogP) is 1.91. The molecule has 1 aromatic carbocycles. The fraction of sp³-hybridized carbons (Fsp3) is 0.385. The summed E-state index contributed by atoms with van der Waals surface area (Å²) in [5.74, 6) is 0. The van der Waals surface area contributed by atoms with Crippen molar-refractivity contribution in [2.24, 2.45) is 0 Å². The normalized spacial score (nSPS) is 14.6. The molecular weight excluding hydrogens is 228 g/mol. The van der Waals surface area contributed by atoms with Gasteiger partial charge < -0.3 is 10.6 Å². The Bertz CT molecular complexity index is 564. The summed E-state index contributed by atoms with van der Waals surface area (Å²) in [5, 5.41) is 7.77. The highest BCUT2D eigenvalue weighted by Gasteiger charge is 2.19. The molecule has 5 nitrogen and oxygen atoms in total. The SMILES string of the molecule is Cc1nonc1CN1CCCc2cc(N)ccc21. The maximum Gasteiger partial charge on any atom is 0.127 e. The molecule has 0 amide bonds. The smallest absolute Gasteiger partial charge is 0.127 e. The molecule has 18 heavy (non-hydrogen) atoms. The average molecular weight is 244 g/mol. The molecule has 0 bridgehead atoms. The van der Waals surface area contributed by atoms with Gasteiger partial charge in [-0.05, 0) is 43.5 Å². The van der Waals surface area contributed by atoms with Gasteiger partial charge in [-0.25, -0.2) is 4.63 Å². The first-order valence-corrected chi connectivity index (χ1v) is 6.15. The Labute approximate surface area is 106 Å². The molecule has 3 rings (SSSR count). The van der Waals surface area contributed by atoms with E-state index >= 15 is 0 Å². The van der Waals surface area contributed by atoms with Crippen LogP contribution in [0, 0.1) is 6.92 Å². The molecule has 0 unspecified atom stereocenters. The van der Waals surface area contributed by atoms with Crippen molar-refractivity contribution in [2.45, 2.75) is 26.3 Å². The van der Waals surface area contributed by atoms with Gasteiger partial charge >= 0.3 is 0 Å². The molecule has 2 heterocycles. The average Bonchev–Trinajstić information content (AvgIpc) is 2.75. The van der Waals surface area contributed by atoms with Gasteiger partial charge in [-0.2, -0.15) is 0 Å². The summed E-state index contributed by atoms with van der Waals surface area (Å²) in [7, 11) is 0. The fourth-order valence-corrected chi connectivity index (χ4v) is 2.43. The maximum absolute atomic E-state index is 5.83. The van der Waals surface area contributed by atoms with Crippen LogP contribution in [0.15, 0.2) is 22.8 Å². The standard InChI is InChI=1S/C13H16N4O/c1-9-12(16-18-15-9)8-17-6-2-3-10-7-11(14)4-5-13(10)17/h4-5,7H,2-3,6,8,14H2,1H3. The summed E-state index contributed by atoms with van der Waals surface area (Å²) in [6.45, 7) is 3.69. The van der Waals surface area contributed by atoms with Crippen molar-refractivity contribution < 1.29 is 4.63 Å². The Balaban J connectivity index is 1.90. The van der Waals surface area contributed by atoms with Crippen LogP contribution in [-0.2, 0) is 13.0 Å². The largest absolute Gasteiger partial charge is 0.399 e. The number of nitrogen functional groups attached to an aromatic ring is 1. The number of rotatable bonds is 2. The minimum absolute atomic E-state index is 0.742. The molecule has 1 aliphatic heterocycles. The van der Waals surface area contributed by atoms with Crippen LogP contribution in [0.4, 0.5) is 11.4 Å². The zero-order valence-electron chi connectivity index (χ0n) is 10.4. The van der Waals surface area contributed by atoms with Crippen LogP contribution in [0.1, 0.15) is 23.4 Å². The van der Waals surface area contributed by atoms with Crippen molar-refractivity contribution in [1.82, 2.24) is 10.3 Å². The van der Waals surface area contributed by atoms with Crippen LogP contribution >= 0.6 is 0 Å². The second-order valence-electron chi connectivity index (χ2n) is 4.71. The quantitative estimate of drug-likeness (QED) is 0.817. The first-order valence-electron chi connectivity index (χ1n) is 6.15. The van der Waals surface area contributed by atoms with Crippen LogP contribution in [0.2, 0.25) is 0 Å². The van der Waals surface area contributed by atoms with E-state index < -0.39 is 0 Å². The highest BCUT2D eigenvalue weighted by Crippen LogP contribution is 2.29. The van der Waals surface area contributed by atoms with Gasteiger partial charge in [0.05, 0.1) is 6.54 Å². The first-order chi connectivity index (χ1) is 8.74. The third-order valence-electron chi connectivity index (χ3n) is 3.41. The van der Waals surface area contributed by atoms with Crippen LogP contribution < -0.4 is 10.6 Å². The first kappa shape index (κ1) is 11.1. The molecule has 1 aromatic heterocycles. The van der Waals surface area contributed by atoms with Crippen LogP contribution in [0.25, 0.3) is 0 Å². The molecule has 0 saturated heterocycles. The zero-order valence-corrected chi connectivity index (χ0v) is 10.4. The summed E-state index contributed by atoms with van der Waals surface area (Å²) < 4.78 is 4.75. The van der Waals surface area contributed by atoms with Gasteiger partial charge in [0.15, 0.2) is 0 Å². The molecule has 0 atom stereocenters. The monoisotopic (exact) mass is 244 g/mol. The van der Waals surface area contributed by atoms with Crippen molar-refractivity contribution >= 4 is 11.4 Å². The van der Waals surface area contributed by atoms with Gasteiger partial charge in [-0.1, -0.05) is 10.3 Å². The molecule has 94 valence electrons. The van der Waals surface area contributed by atoms with E-state index in [1.165, 1.54) is 11.3 Å². The Morgan fingerprint density at radius 3 is 3.06 bits per heavy atom. The van der Waals surface area contributed by atoms with Crippen molar-refractivity contribution in [3.8, 4) is 0 Å². The number of nitrogens with two attached hydrogens (primary N) is 1. The van der Waals surface area contributed by atoms with Crippen LogP contribution in [-0.4, -0.2) is 16.9 Å². The number of nitrogens with zero attached hydrogens (tertiary/aromatic N) is 3. The molecule has 2 aromatic rings. The molecule has 0 saturated carbocycles. The maximum atomic E-state index is 5.83. The topological polar surface area (TPSA) is 68.2 Å². The molecule has 5 heteroatoms. The second kappa shape index (κ2) is 4.33. The molecule has 2 N–H and O–H groups in total. The Morgan fingerprint density at radius 2 is 2.28 bits per heavy atom. The lowest BCUT2D eigenvalue weighted by atomic mass is 10.0. The van der Waals surface area contributed by atoms with E-state index in [1.807, 2.05) is 13.0 Å². The number of fused-ring (bicyclic) bond motifs is 1. The van der Waals surface area contributed by atoms with Gasteiger partial charge in [0.25, 0.3) is 0 Å². The van der Waals surface area contributed by atoms with Crippen molar-refractivity contribution in [2.75, 3.05) is 17.2 Å². The Hall–Kier alpha value is -2.04. The van der Waals surface area contributed by atoms with Crippen molar-refractivity contribution in [1.29, 1.82) is 0 Å². The summed E-state index contributed by atoms with van der Waals surface area (Å²) in [5.41, 5.74) is 11.0. The summed E-state index contributed by atoms with van der Waals surface area (Å²) >= 11 is 0. The van der Waals surface area contributed by atoms with E-state index in [1.54, 1.807) is 0 Å². The number of hydrogen-bond donors (Lipinski definition) is 1. The molecule has 1 aliphatic rings. The number of benzene rings is 1. The third-order valence-corrected chi connectivity index (χ3v) is 3.41. The highest BCUT2D eigenvalue weighted by atomic mass is 16.6. The van der Waals surface area contributed by atoms with Gasteiger partial charge in [0.2, 0.25) is 0 Å². The summed E-state index contributed by atoms with van der Waals surface area (Å²) in [4.78, 5) is 2.31. The lowest BCUT2D eigenvalue weighted by molar-refractivity contribution is 0.301. The number of aryl methyl sites for hydroxylation is 2. The molecule has 0 radical (unpaired) electrons.